The van der Waals surface area contributed by atoms with Crippen molar-refractivity contribution in [3.05, 3.63) is 132 Å². The normalized spacial score (nSPS) is 11.5. The molecule has 0 saturated heterocycles. The number of para-hydroxylation sites is 3. The minimum absolute atomic E-state index is 0.131. The highest BCUT2D eigenvalue weighted by atomic mass is 19.1. The number of imidazole rings is 1. The van der Waals surface area contributed by atoms with Gasteiger partial charge in [-0.05, 0) is 60.7 Å². The molecule has 0 aliphatic carbocycles. The number of ether oxygens (including phenoxy) is 1. The fourth-order valence-electron chi connectivity index (χ4n) is 4.60. The van der Waals surface area contributed by atoms with Gasteiger partial charge in [-0.1, -0.05) is 48.5 Å². The topological polar surface area (TPSA) is 68.7 Å². The van der Waals surface area contributed by atoms with Gasteiger partial charge in [-0.25, -0.2) is 14.1 Å². The number of benzene rings is 4. The Morgan fingerprint density at radius 2 is 1.65 bits per heavy atom. The van der Waals surface area contributed by atoms with Gasteiger partial charge in [0.2, 0.25) is 0 Å². The van der Waals surface area contributed by atoms with Crippen LogP contribution < -0.4 is 4.74 Å². The van der Waals surface area contributed by atoms with Crippen molar-refractivity contribution in [2.24, 2.45) is 7.05 Å². The number of rotatable bonds is 7. The lowest BCUT2D eigenvalue weighted by Gasteiger charge is -2.08. The number of aromatic nitrogens is 4. The summed E-state index contributed by atoms with van der Waals surface area (Å²) in [6.07, 6.45) is 3.73. The van der Waals surface area contributed by atoms with Crippen LogP contribution in [0, 0.1) is 17.1 Å². The Morgan fingerprint density at radius 3 is 2.40 bits per heavy atom. The van der Waals surface area contributed by atoms with E-state index < -0.39 is 0 Å². The number of nitriles is 1. The Balaban J connectivity index is 1.38. The number of hydrogen-bond acceptors (Lipinski definition) is 4. The monoisotopic (exact) mass is 525 g/mol. The molecule has 0 amide bonds. The average molecular weight is 526 g/mol. The first-order valence-corrected chi connectivity index (χ1v) is 12.8. The summed E-state index contributed by atoms with van der Waals surface area (Å²) < 4.78 is 23.5. The second-order valence-corrected chi connectivity index (χ2v) is 9.27. The van der Waals surface area contributed by atoms with Crippen LogP contribution in [0.3, 0.4) is 0 Å². The number of allylic oxidation sites excluding steroid dienone is 1. The molecule has 6 aromatic rings. The standard InChI is InChI=1S/C33H24FN5O/c1-38-31-14-8-7-13-30(31)36-33(38)25(20-35)19-26-21-39(27-10-3-2-4-11-27)37-32(26)23-15-17-28(18-16-23)40-22-24-9-5-6-12-29(24)34/h2-19,21H,22H2,1H3/b25-19-. The maximum Gasteiger partial charge on any atom is 0.151 e. The van der Waals surface area contributed by atoms with E-state index in [9.17, 15) is 9.65 Å². The van der Waals surface area contributed by atoms with Crippen LogP contribution >= 0.6 is 0 Å². The van der Waals surface area contributed by atoms with E-state index in [0.29, 0.717) is 28.4 Å². The molecule has 0 atom stereocenters. The lowest BCUT2D eigenvalue weighted by Crippen LogP contribution is -1.98. The quantitative estimate of drug-likeness (QED) is 0.207. The lowest BCUT2D eigenvalue weighted by molar-refractivity contribution is 0.300. The van der Waals surface area contributed by atoms with Crippen molar-refractivity contribution < 1.29 is 9.13 Å². The first-order chi connectivity index (χ1) is 19.6. The van der Waals surface area contributed by atoms with Crippen molar-refractivity contribution in [1.82, 2.24) is 19.3 Å². The van der Waals surface area contributed by atoms with Crippen LogP contribution in [-0.2, 0) is 13.7 Å². The van der Waals surface area contributed by atoms with Gasteiger partial charge in [0.1, 0.15) is 24.2 Å². The van der Waals surface area contributed by atoms with E-state index in [4.69, 9.17) is 14.8 Å². The Kier molecular flexibility index (Phi) is 6.65. The average Bonchev–Trinajstić information content (AvgIpc) is 3.57. The van der Waals surface area contributed by atoms with E-state index in [1.807, 2.05) is 103 Å². The summed E-state index contributed by atoms with van der Waals surface area (Å²) >= 11 is 0. The molecule has 0 bridgehead atoms. The Bertz CT molecular complexity index is 1880. The fraction of sp³-hybridized carbons (Fsp3) is 0.0606. The molecule has 40 heavy (non-hydrogen) atoms. The van der Waals surface area contributed by atoms with E-state index in [1.54, 1.807) is 22.9 Å². The molecular weight excluding hydrogens is 501 g/mol. The van der Waals surface area contributed by atoms with E-state index in [2.05, 4.69) is 6.07 Å². The number of aryl methyl sites for hydroxylation is 1. The fourth-order valence-corrected chi connectivity index (χ4v) is 4.60. The lowest BCUT2D eigenvalue weighted by atomic mass is 10.1. The van der Waals surface area contributed by atoms with Crippen LogP contribution in [0.5, 0.6) is 5.75 Å². The molecule has 6 nitrogen and oxygen atoms in total. The molecule has 0 saturated carbocycles. The third-order valence-corrected chi connectivity index (χ3v) is 6.69. The summed E-state index contributed by atoms with van der Waals surface area (Å²) in [6, 6.07) is 34.0. The largest absolute Gasteiger partial charge is 0.489 e. The number of hydrogen-bond donors (Lipinski definition) is 0. The molecule has 0 radical (unpaired) electrons. The van der Waals surface area contributed by atoms with Crippen LogP contribution in [0.1, 0.15) is 17.0 Å². The molecular formula is C33H24FN5O. The maximum atomic E-state index is 14.0. The molecule has 2 heterocycles. The van der Waals surface area contributed by atoms with Crippen LogP contribution in [0.25, 0.3) is 39.6 Å². The highest BCUT2D eigenvalue weighted by Gasteiger charge is 2.16. The van der Waals surface area contributed by atoms with Gasteiger partial charge in [0.25, 0.3) is 0 Å². The third kappa shape index (κ3) is 4.86. The first kappa shape index (κ1) is 24.8. The summed E-state index contributed by atoms with van der Waals surface area (Å²) in [5.74, 6) is 0.902. The molecule has 7 heteroatoms. The Labute approximate surface area is 230 Å². The predicted molar refractivity (Wildman–Crippen MR) is 154 cm³/mol. The highest BCUT2D eigenvalue weighted by Crippen LogP contribution is 2.30. The van der Waals surface area contributed by atoms with E-state index in [-0.39, 0.29) is 12.4 Å². The van der Waals surface area contributed by atoms with Gasteiger partial charge in [-0.15, -0.1) is 0 Å². The summed E-state index contributed by atoms with van der Waals surface area (Å²) in [6.45, 7) is 0.131. The molecule has 0 aliphatic rings. The van der Waals surface area contributed by atoms with E-state index in [1.165, 1.54) is 6.07 Å². The van der Waals surface area contributed by atoms with Crippen LogP contribution in [0.15, 0.2) is 109 Å². The molecule has 2 aromatic heterocycles. The summed E-state index contributed by atoms with van der Waals surface area (Å²) in [5.41, 5.74) is 5.92. The number of nitrogens with zero attached hydrogens (tertiary/aromatic N) is 5. The van der Waals surface area contributed by atoms with E-state index >= 15 is 0 Å². The zero-order valence-electron chi connectivity index (χ0n) is 21.7. The Hall–Kier alpha value is -5.48. The van der Waals surface area contributed by atoms with Crippen LogP contribution in [-0.4, -0.2) is 19.3 Å². The molecule has 0 unspecified atom stereocenters. The van der Waals surface area contributed by atoms with Gasteiger partial charge < -0.3 is 9.30 Å². The van der Waals surface area contributed by atoms with Gasteiger partial charge in [-0.2, -0.15) is 10.4 Å². The molecule has 0 N–H and O–H groups in total. The van der Waals surface area contributed by atoms with Crippen LogP contribution in [0.4, 0.5) is 4.39 Å². The smallest absolute Gasteiger partial charge is 0.151 e. The van der Waals surface area contributed by atoms with Gasteiger partial charge in [0.15, 0.2) is 5.82 Å². The third-order valence-electron chi connectivity index (χ3n) is 6.69. The summed E-state index contributed by atoms with van der Waals surface area (Å²) in [5, 5.41) is 15.0. The van der Waals surface area contributed by atoms with E-state index in [0.717, 1.165) is 27.8 Å². The molecule has 6 rings (SSSR count). The zero-order valence-corrected chi connectivity index (χ0v) is 21.7. The minimum atomic E-state index is -0.295. The molecule has 4 aromatic carbocycles. The van der Waals surface area contributed by atoms with Gasteiger partial charge in [0, 0.05) is 29.9 Å². The maximum absolute atomic E-state index is 14.0. The predicted octanol–water partition coefficient (Wildman–Crippen LogP) is 7.21. The molecule has 0 aliphatic heterocycles. The van der Waals surface area contributed by atoms with Crippen molar-refractivity contribution in [3.63, 3.8) is 0 Å². The summed E-state index contributed by atoms with van der Waals surface area (Å²) in [7, 11) is 1.91. The minimum Gasteiger partial charge on any atom is -0.489 e. The molecule has 194 valence electrons. The molecule has 0 fully saturated rings. The number of fused-ring (bicyclic) bond motifs is 1. The van der Waals surface area contributed by atoms with Crippen LogP contribution in [0.2, 0.25) is 0 Å². The zero-order chi connectivity index (χ0) is 27.5. The second-order valence-electron chi connectivity index (χ2n) is 9.27. The van der Waals surface area contributed by atoms with Crippen molar-refractivity contribution >= 4 is 22.7 Å². The second kappa shape index (κ2) is 10.7. The highest BCUT2D eigenvalue weighted by molar-refractivity contribution is 5.93. The van der Waals surface area contributed by atoms with Gasteiger partial charge in [0.05, 0.1) is 28.0 Å². The van der Waals surface area contributed by atoms with Crippen molar-refractivity contribution in [2.45, 2.75) is 6.61 Å². The SMILES string of the molecule is Cn1c(/C(C#N)=C\c2cn(-c3ccccc3)nc2-c2ccc(OCc3ccccc3F)cc2)nc2ccccc21. The Morgan fingerprint density at radius 1 is 0.925 bits per heavy atom. The number of halogens is 1. The first-order valence-electron chi connectivity index (χ1n) is 12.8. The molecule has 0 spiro atoms. The van der Waals surface area contributed by atoms with Crippen molar-refractivity contribution in [1.29, 1.82) is 5.26 Å². The van der Waals surface area contributed by atoms with Gasteiger partial charge >= 0.3 is 0 Å². The van der Waals surface area contributed by atoms with Gasteiger partial charge in [-0.3, -0.25) is 0 Å². The van der Waals surface area contributed by atoms with Crippen molar-refractivity contribution in [2.75, 3.05) is 0 Å². The van der Waals surface area contributed by atoms with Crippen molar-refractivity contribution in [3.8, 4) is 28.8 Å². The summed E-state index contributed by atoms with van der Waals surface area (Å²) in [4.78, 5) is 4.71.